The first-order valence-corrected chi connectivity index (χ1v) is 7.68. The zero-order chi connectivity index (χ0) is 15.0. The Morgan fingerprint density at radius 2 is 1.67 bits per heavy atom. The number of nitrogens with zero attached hydrogens (tertiary/aromatic N) is 1. The fourth-order valence-electron chi connectivity index (χ4n) is 3.88. The third-order valence-electron chi connectivity index (χ3n) is 4.72. The van der Waals surface area contributed by atoms with E-state index < -0.39 is 11.7 Å². The quantitative estimate of drug-likeness (QED) is 0.912. The summed E-state index contributed by atoms with van der Waals surface area (Å²) in [6, 6.07) is 7.13. The van der Waals surface area contributed by atoms with Crippen LogP contribution in [-0.2, 0) is 6.18 Å². The van der Waals surface area contributed by atoms with Gasteiger partial charge in [-0.1, -0.05) is 6.92 Å². The molecule has 2 aliphatic rings. The normalized spacial score (nSPS) is 29.0. The molecule has 2 nitrogen and oxygen atoms in total. The summed E-state index contributed by atoms with van der Waals surface area (Å²) in [7, 11) is 0. The maximum Gasteiger partial charge on any atom is 0.416 e. The number of rotatable bonds is 3. The predicted molar refractivity (Wildman–Crippen MR) is 77.4 cm³/mol. The largest absolute Gasteiger partial charge is 0.416 e. The molecule has 2 saturated heterocycles. The molecular formula is C16H21F3N2. The van der Waals surface area contributed by atoms with Crippen molar-refractivity contribution in [3.63, 3.8) is 0 Å². The van der Waals surface area contributed by atoms with Crippen molar-refractivity contribution in [2.24, 2.45) is 0 Å². The molecule has 0 saturated carbocycles. The van der Waals surface area contributed by atoms with E-state index in [9.17, 15) is 13.2 Å². The topological polar surface area (TPSA) is 15.3 Å². The Morgan fingerprint density at radius 3 is 2.14 bits per heavy atom. The first-order chi connectivity index (χ1) is 9.99. The standard InChI is InChI=1S/C16H21F3N2/c1-2-20-12-9-14-7-8-15(10-12)21(14)13-5-3-11(4-6-13)16(17,18)19/h3-6,12,14-15,20H,2,7-10H2,1H3. The minimum atomic E-state index is -4.25. The molecule has 3 rings (SSSR count). The van der Waals surface area contributed by atoms with E-state index in [0.29, 0.717) is 18.1 Å². The summed E-state index contributed by atoms with van der Waals surface area (Å²) in [5.74, 6) is 0. The minimum absolute atomic E-state index is 0.463. The second kappa shape index (κ2) is 5.52. The van der Waals surface area contributed by atoms with Crippen LogP contribution in [0.1, 0.15) is 38.2 Å². The van der Waals surface area contributed by atoms with Crippen LogP contribution < -0.4 is 10.2 Å². The van der Waals surface area contributed by atoms with Crippen LogP contribution in [0.15, 0.2) is 24.3 Å². The summed E-state index contributed by atoms with van der Waals surface area (Å²) < 4.78 is 37.9. The van der Waals surface area contributed by atoms with Gasteiger partial charge in [0.2, 0.25) is 0 Å². The van der Waals surface area contributed by atoms with Crippen molar-refractivity contribution in [2.75, 3.05) is 11.4 Å². The summed E-state index contributed by atoms with van der Waals surface area (Å²) in [4.78, 5) is 2.34. The molecule has 1 aromatic carbocycles. The van der Waals surface area contributed by atoms with Crippen LogP contribution in [0, 0.1) is 0 Å². The van der Waals surface area contributed by atoms with Crippen molar-refractivity contribution in [3.8, 4) is 0 Å². The number of hydrogen-bond donors (Lipinski definition) is 1. The fraction of sp³-hybridized carbons (Fsp3) is 0.625. The molecule has 2 aliphatic heterocycles. The van der Waals surface area contributed by atoms with Crippen molar-refractivity contribution in [2.45, 2.75) is 56.9 Å². The van der Waals surface area contributed by atoms with E-state index in [2.05, 4.69) is 17.1 Å². The number of alkyl halides is 3. The van der Waals surface area contributed by atoms with Gasteiger partial charge >= 0.3 is 6.18 Å². The van der Waals surface area contributed by atoms with Crippen molar-refractivity contribution >= 4 is 5.69 Å². The summed E-state index contributed by atoms with van der Waals surface area (Å²) in [6.07, 6.45) is 0.216. The molecule has 0 aliphatic carbocycles. The van der Waals surface area contributed by atoms with E-state index >= 15 is 0 Å². The number of anilines is 1. The van der Waals surface area contributed by atoms with Crippen molar-refractivity contribution < 1.29 is 13.2 Å². The summed E-state index contributed by atoms with van der Waals surface area (Å²) >= 11 is 0. The molecule has 2 bridgehead atoms. The van der Waals surface area contributed by atoms with Crippen LogP contribution in [0.5, 0.6) is 0 Å². The Morgan fingerprint density at radius 1 is 1.10 bits per heavy atom. The van der Waals surface area contributed by atoms with Gasteiger partial charge in [-0.05, 0) is 56.5 Å². The molecule has 2 unspecified atom stereocenters. The van der Waals surface area contributed by atoms with Crippen LogP contribution >= 0.6 is 0 Å². The maximum absolute atomic E-state index is 12.6. The summed E-state index contributed by atoms with van der Waals surface area (Å²) in [5, 5.41) is 3.51. The zero-order valence-corrected chi connectivity index (χ0v) is 12.2. The van der Waals surface area contributed by atoms with Crippen molar-refractivity contribution in [1.29, 1.82) is 0 Å². The second-order valence-electron chi connectivity index (χ2n) is 6.06. The molecule has 2 fully saturated rings. The molecule has 0 aromatic heterocycles. The highest BCUT2D eigenvalue weighted by atomic mass is 19.4. The SMILES string of the molecule is CCNC1CC2CCC(C1)N2c1ccc(C(F)(F)F)cc1. The highest BCUT2D eigenvalue weighted by Crippen LogP contribution is 2.40. The number of benzene rings is 1. The zero-order valence-electron chi connectivity index (χ0n) is 12.2. The van der Waals surface area contributed by atoms with Gasteiger partial charge in [0.15, 0.2) is 0 Å². The van der Waals surface area contributed by atoms with Gasteiger partial charge in [-0.3, -0.25) is 0 Å². The Hall–Kier alpha value is -1.23. The van der Waals surface area contributed by atoms with E-state index in [1.54, 1.807) is 12.1 Å². The van der Waals surface area contributed by atoms with E-state index in [0.717, 1.165) is 37.9 Å². The van der Waals surface area contributed by atoms with Crippen LogP contribution in [0.25, 0.3) is 0 Å². The molecule has 0 amide bonds. The molecule has 116 valence electrons. The van der Waals surface area contributed by atoms with E-state index in [4.69, 9.17) is 0 Å². The molecule has 2 atom stereocenters. The Balaban J connectivity index is 1.76. The number of hydrogen-bond acceptors (Lipinski definition) is 2. The highest BCUT2D eigenvalue weighted by Gasteiger charge is 2.40. The van der Waals surface area contributed by atoms with Crippen LogP contribution in [-0.4, -0.2) is 24.7 Å². The third-order valence-corrected chi connectivity index (χ3v) is 4.72. The molecule has 1 N–H and O–H groups in total. The first-order valence-electron chi connectivity index (χ1n) is 7.68. The lowest BCUT2D eigenvalue weighted by atomic mass is 9.96. The monoisotopic (exact) mass is 298 g/mol. The van der Waals surface area contributed by atoms with Crippen LogP contribution in [0.2, 0.25) is 0 Å². The van der Waals surface area contributed by atoms with Crippen molar-refractivity contribution in [1.82, 2.24) is 5.32 Å². The average Bonchev–Trinajstić information content (AvgIpc) is 2.70. The van der Waals surface area contributed by atoms with E-state index in [1.165, 1.54) is 12.1 Å². The lowest BCUT2D eigenvalue weighted by molar-refractivity contribution is -0.137. The third kappa shape index (κ3) is 2.89. The van der Waals surface area contributed by atoms with Gasteiger partial charge in [0.1, 0.15) is 0 Å². The van der Waals surface area contributed by atoms with E-state index in [1.807, 2.05) is 0 Å². The van der Waals surface area contributed by atoms with Gasteiger partial charge in [-0.2, -0.15) is 13.2 Å². The van der Waals surface area contributed by atoms with Gasteiger partial charge in [-0.25, -0.2) is 0 Å². The average molecular weight is 298 g/mol. The molecule has 1 aromatic rings. The Bertz CT molecular complexity index is 469. The smallest absolute Gasteiger partial charge is 0.365 e. The highest BCUT2D eigenvalue weighted by molar-refractivity contribution is 5.52. The van der Waals surface area contributed by atoms with E-state index in [-0.39, 0.29) is 0 Å². The fourth-order valence-corrected chi connectivity index (χ4v) is 3.88. The van der Waals surface area contributed by atoms with Gasteiger partial charge in [0, 0.05) is 23.8 Å². The van der Waals surface area contributed by atoms with Crippen molar-refractivity contribution in [3.05, 3.63) is 29.8 Å². The molecule has 21 heavy (non-hydrogen) atoms. The number of fused-ring (bicyclic) bond motifs is 2. The summed E-state index contributed by atoms with van der Waals surface area (Å²) in [6.45, 7) is 3.09. The lowest BCUT2D eigenvalue weighted by Gasteiger charge is -2.41. The minimum Gasteiger partial charge on any atom is -0.365 e. The van der Waals surface area contributed by atoms with Gasteiger partial charge in [-0.15, -0.1) is 0 Å². The first kappa shape index (κ1) is 14.7. The maximum atomic E-state index is 12.6. The van der Waals surface area contributed by atoms with Crippen LogP contribution in [0.4, 0.5) is 18.9 Å². The van der Waals surface area contributed by atoms with Gasteiger partial charge in [0.05, 0.1) is 5.56 Å². The van der Waals surface area contributed by atoms with Gasteiger partial charge in [0.25, 0.3) is 0 Å². The Labute approximate surface area is 123 Å². The molecule has 2 heterocycles. The number of halogens is 3. The second-order valence-corrected chi connectivity index (χ2v) is 6.06. The molecule has 5 heteroatoms. The molecular weight excluding hydrogens is 277 g/mol. The molecule has 0 spiro atoms. The predicted octanol–water partition coefficient (Wildman–Crippen LogP) is 3.81. The number of piperidine rings is 1. The van der Waals surface area contributed by atoms with Gasteiger partial charge < -0.3 is 10.2 Å². The van der Waals surface area contributed by atoms with Crippen LogP contribution in [0.3, 0.4) is 0 Å². The summed E-state index contributed by atoms with van der Waals surface area (Å²) in [5.41, 5.74) is 0.367. The lowest BCUT2D eigenvalue weighted by Crippen LogP contribution is -2.49. The Kier molecular flexibility index (Phi) is 3.86. The number of nitrogens with one attached hydrogen (secondary N) is 1. The molecule has 0 radical (unpaired) electrons.